The molecule has 7 heteroatoms. The number of carbonyl (C=O) groups is 1. The van der Waals surface area contributed by atoms with Gasteiger partial charge in [0.15, 0.2) is 0 Å². The standard InChI is InChI=1S/C12H7BrClNO3S/c13-10-6-8(7-11(14)12(10)16)15-19(17,18)9-4-2-1-3-5-9/h1-7H/b15-8+. The van der Waals surface area contributed by atoms with E-state index in [1.165, 1.54) is 24.3 Å². The summed E-state index contributed by atoms with van der Waals surface area (Å²) in [6.45, 7) is 0. The van der Waals surface area contributed by atoms with Crippen LogP contribution in [0.25, 0.3) is 0 Å². The molecule has 1 aromatic rings. The molecule has 1 aliphatic carbocycles. The van der Waals surface area contributed by atoms with Crippen LogP contribution in [-0.2, 0) is 14.8 Å². The fourth-order valence-corrected chi connectivity index (χ4v) is 3.15. The first-order valence-electron chi connectivity index (χ1n) is 5.09. The number of hydrogen-bond donors (Lipinski definition) is 0. The zero-order valence-electron chi connectivity index (χ0n) is 9.38. The third-order valence-electron chi connectivity index (χ3n) is 2.25. The highest BCUT2D eigenvalue weighted by atomic mass is 79.9. The molecular formula is C12H7BrClNO3S. The number of sulfonamides is 1. The van der Waals surface area contributed by atoms with Crippen molar-refractivity contribution in [1.82, 2.24) is 0 Å². The first kappa shape index (κ1) is 14.2. The molecule has 0 heterocycles. The van der Waals surface area contributed by atoms with Crippen molar-refractivity contribution in [2.45, 2.75) is 4.90 Å². The summed E-state index contributed by atoms with van der Waals surface area (Å²) in [6.07, 6.45) is 2.53. The fourth-order valence-electron chi connectivity index (χ4n) is 1.38. The van der Waals surface area contributed by atoms with Crippen LogP contribution in [0.4, 0.5) is 0 Å². The van der Waals surface area contributed by atoms with Gasteiger partial charge in [0.2, 0.25) is 5.78 Å². The number of rotatable bonds is 2. The number of allylic oxidation sites excluding steroid dienone is 4. The maximum absolute atomic E-state index is 12.0. The number of nitrogens with zero attached hydrogens (tertiary/aromatic N) is 1. The summed E-state index contributed by atoms with van der Waals surface area (Å²) >= 11 is 8.71. The first-order chi connectivity index (χ1) is 8.90. The second kappa shape index (κ2) is 5.40. The van der Waals surface area contributed by atoms with Gasteiger partial charge in [-0.15, -0.1) is 0 Å². The van der Waals surface area contributed by atoms with Gasteiger partial charge in [-0.2, -0.15) is 12.8 Å². The Bertz CT molecular complexity index is 697. The molecule has 0 amide bonds. The summed E-state index contributed by atoms with van der Waals surface area (Å²) in [5.74, 6) is -0.405. The van der Waals surface area contributed by atoms with E-state index < -0.39 is 15.8 Å². The van der Waals surface area contributed by atoms with E-state index in [-0.39, 0.29) is 20.1 Å². The fraction of sp³-hybridized carbons (Fsp3) is 0. The van der Waals surface area contributed by atoms with Crippen LogP contribution < -0.4 is 0 Å². The molecule has 0 fully saturated rings. The van der Waals surface area contributed by atoms with E-state index in [0.29, 0.717) is 0 Å². The maximum atomic E-state index is 12.0. The number of hydrogen-bond acceptors (Lipinski definition) is 3. The Morgan fingerprint density at radius 3 is 2.32 bits per heavy atom. The second-order valence-corrected chi connectivity index (χ2v) is 6.48. The highest BCUT2D eigenvalue weighted by Crippen LogP contribution is 2.22. The van der Waals surface area contributed by atoms with E-state index in [0.717, 1.165) is 0 Å². The lowest BCUT2D eigenvalue weighted by Crippen LogP contribution is -2.09. The SMILES string of the molecule is O=C1C(Cl)=C/C(=N/S(=O)(=O)c2ccccc2)C=C1Br. The summed E-state index contributed by atoms with van der Waals surface area (Å²) in [7, 11) is -3.82. The van der Waals surface area contributed by atoms with Crippen molar-refractivity contribution in [2.24, 2.45) is 4.40 Å². The zero-order chi connectivity index (χ0) is 14.0. The predicted molar refractivity (Wildman–Crippen MR) is 77.0 cm³/mol. The molecule has 0 radical (unpaired) electrons. The van der Waals surface area contributed by atoms with Crippen LogP contribution in [-0.4, -0.2) is 19.9 Å². The molecule has 0 aliphatic heterocycles. The van der Waals surface area contributed by atoms with Crippen LogP contribution in [0, 0.1) is 0 Å². The largest absolute Gasteiger partial charge is 0.287 e. The van der Waals surface area contributed by atoms with Gasteiger partial charge in [0, 0.05) is 0 Å². The molecule has 0 saturated heterocycles. The topological polar surface area (TPSA) is 63.6 Å². The van der Waals surface area contributed by atoms with Crippen molar-refractivity contribution < 1.29 is 13.2 Å². The van der Waals surface area contributed by atoms with Crippen molar-refractivity contribution in [3.05, 3.63) is 52.0 Å². The second-order valence-electron chi connectivity index (χ2n) is 3.62. The number of ketones is 1. The van der Waals surface area contributed by atoms with Crippen molar-refractivity contribution >= 4 is 49.0 Å². The van der Waals surface area contributed by atoms with Gasteiger partial charge in [-0.1, -0.05) is 29.8 Å². The monoisotopic (exact) mass is 359 g/mol. The maximum Gasteiger partial charge on any atom is 0.282 e. The molecule has 4 nitrogen and oxygen atoms in total. The summed E-state index contributed by atoms with van der Waals surface area (Å²) in [6, 6.07) is 7.80. The number of halogens is 2. The average Bonchev–Trinajstić information content (AvgIpc) is 2.36. The molecule has 0 saturated carbocycles. The Morgan fingerprint density at radius 2 is 1.74 bits per heavy atom. The molecule has 0 atom stereocenters. The van der Waals surface area contributed by atoms with Crippen molar-refractivity contribution in [3.8, 4) is 0 Å². The molecule has 1 aromatic carbocycles. The van der Waals surface area contributed by atoms with Crippen LogP contribution in [0.15, 0.2) is 61.3 Å². The predicted octanol–water partition coefficient (Wildman–Crippen LogP) is 2.80. The molecule has 0 spiro atoms. The van der Waals surface area contributed by atoms with Gasteiger partial charge >= 0.3 is 0 Å². The molecule has 0 aromatic heterocycles. The Hall–Kier alpha value is -1.24. The lowest BCUT2D eigenvalue weighted by atomic mass is 10.2. The van der Waals surface area contributed by atoms with Gasteiger partial charge in [0.05, 0.1) is 20.1 Å². The molecular weight excluding hydrogens is 354 g/mol. The summed E-state index contributed by atoms with van der Waals surface area (Å²) in [4.78, 5) is 11.5. The molecule has 0 N–H and O–H groups in total. The van der Waals surface area contributed by atoms with Crippen molar-refractivity contribution in [1.29, 1.82) is 0 Å². The third-order valence-corrected chi connectivity index (χ3v) is 4.44. The third kappa shape index (κ3) is 3.20. The van der Waals surface area contributed by atoms with Gasteiger partial charge in [-0.25, -0.2) is 0 Å². The van der Waals surface area contributed by atoms with E-state index in [1.54, 1.807) is 18.2 Å². The first-order valence-corrected chi connectivity index (χ1v) is 7.70. The van der Waals surface area contributed by atoms with Gasteiger partial charge in [-0.3, -0.25) is 4.79 Å². The normalized spacial score (nSPS) is 18.2. The van der Waals surface area contributed by atoms with Crippen LogP contribution in [0.2, 0.25) is 0 Å². The summed E-state index contributed by atoms with van der Waals surface area (Å²) < 4.78 is 27.8. The highest BCUT2D eigenvalue weighted by molar-refractivity contribution is 9.12. The van der Waals surface area contributed by atoms with E-state index in [4.69, 9.17) is 11.6 Å². The van der Waals surface area contributed by atoms with Gasteiger partial charge in [0.1, 0.15) is 0 Å². The molecule has 0 unspecified atom stereocenters. The van der Waals surface area contributed by atoms with E-state index in [9.17, 15) is 13.2 Å². The van der Waals surface area contributed by atoms with Gasteiger partial charge in [0.25, 0.3) is 10.0 Å². The molecule has 1 aliphatic rings. The van der Waals surface area contributed by atoms with E-state index in [2.05, 4.69) is 20.3 Å². The lowest BCUT2D eigenvalue weighted by molar-refractivity contribution is -0.111. The Kier molecular flexibility index (Phi) is 4.03. The molecule has 19 heavy (non-hydrogen) atoms. The van der Waals surface area contributed by atoms with E-state index >= 15 is 0 Å². The zero-order valence-corrected chi connectivity index (χ0v) is 12.5. The minimum absolute atomic E-state index is 0.0773. The summed E-state index contributed by atoms with van der Waals surface area (Å²) in [5, 5.41) is -0.0867. The van der Waals surface area contributed by atoms with Crippen LogP contribution in [0.1, 0.15) is 0 Å². The minimum atomic E-state index is -3.82. The van der Waals surface area contributed by atoms with Gasteiger partial charge in [-0.05, 0) is 40.2 Å². The Labute approximate surface area is 123 Å². The van der Waals surface area contributed by atoms with Crippen LogP contribution >= 0.6 is 27.5 Å². The summed E-state index contributed by atoms with van der Waals surface area (Å²) in [5.41, 5.74) is 0.0975. The highest BCUT2D eigenvalue weighted by Gasteiger charge is 2.19. The van der Waals surface area contributed by atoms with Crippen LogP contribution in [0.5, 0.6) is 0 Å². The van der Waals surface area contributed by atoms with Crippen LogP contribution in [0.3, 0.4) is 0 Å². The molecule has 2 rings (SSSR count). The number of benzene rings is 1. The number of Topliss-reactive ketones (excluding diaryl/α,β-unsaturated/α-hetero) is 1. The van der Waals surface area contributed by atoms with Crippen molar-refractivity contribution in [3.63, 3.8) is 0 Å². The lowest BCUT2D eigenvalue weighted by Gasteiger charge is -2.06. The van der Waals surface area contributed by atoms with Crippen molar-refractivity contribution in [2.75, 3.05) is 0 Å². The van der Waals surface area contributed by atoms with E-state index in [1.807, 2.05) is 0 Å². The quantitative estimate of drug-likeness (QED) is 0.762. The minimum Gasteiger partial charge on any atom is -0.287 e. The Morgan fingerprint density at radius 1 is 1.11 bits per heavy atom. The molecule has 0 bridgehead atoms. The Balaban J connectivity index is 2.46. The van der Waals surface area contributed by atoms with Gasteiger partial charge < -0.3 is 0 Å². The smallest absolute Gasteiger partial charge is 0.282 e. The number of carbonyl (C=O) groups excluding carboxylic acids is 1. The molecule has 98 valence electrons. The average molecular weight is 361 g/mol.